The largest absolute Gasteiger partial charge is 0.492 e. The predicted octanol–water partition coefficient (Wildman–Crippen LogP) is 4.75. The first-order valence-electron chi connectivity index (χ1n) is 8.65. The van der Waals surface area contributed by atoms with Crippen molar-refractivity contribution < 1.29 is 4.74 Å². The Balaban J connectivity index is 1.66. The Morgan fingerprint density at radius 2 is 2.00 bits per heavy atom. The van der Waals surface area contributed by atoms with Crippen LogP contribution in [0.4, 0.5) is 0 Å². The van der Waals surface area contributed by atoms with Gasteiger partial charge in [0.2, 0.25) is 0 Å². The molecule has 0 bridgehead atoms. The molecular weight excluding hydrogens is 258 g/mol. The van der Waals surface area contributed by atoms with E-state index in [1.54, 1.807) is 0 Å². The third kappa shape index (κ3) is 5.35. The molecule has 1 aromatic carbocycles. The molecule has 0 heterocycles. The minimum Gasteiger partial charge on any atom is -0.492 e. The molecule has 1 aliphatic rings. The Hall–Kier alpha value is -1.02. The molecule has 0 saturated heterocycles. The van der Waals surface area contributed by atoms with Gasteiger partial charge in [-0.1, -0.05) is 45.7 Å². The zero-order chi connectivity index (χ0) is 15.1. The molecular formula is C19H31NO. The Kier molecular flexibility index (Phi) is 6.56. The average Bonchev–Trinajstić information content (AvgIpc) is 2.51. The fourth-order valence-electron chi connectivity index (χ4n) is 3.18. The number of hydrogen-bond donors (Lipinski definition) is 1. The molecule has 1 saturated carbocycles. The highest BCUT2D eigenvalue weighted by Gasteiger charge is 2.17. The van der Waals surface area contributed by atoms with E-state index < -0.39 is 0 Å². The van der Waals surface area contributed by atoms with Crippen molar-refractivity contribution in [3.63, 3.8) is 0 Å². The highest BCUT2D eigenvalue weighted by Crippen LogP contribution is 2.23. The van der Waals surface area contributed by atoms with Crippen LogP contribution in [0.15, 0.2) is 24.3 Å². The van der Waals surface area contributed by atoms with Gasteiger partial charge in [0.1, 0.15) is 12.4 Å². The van der Waals surface area contributed by atoms with Gasteiger partial charge in [0, 0.05) is 12.6 Å². The summed E-state index contributed by atoms with van der Waals surface area (Å²) in [7, 11) is 0. The van der Waals surface area contributed by atoms with E-state index in [2.05, 4.69) is 50.4 Å². The van der Waals surface area contributed by atoms with E-state index in [-0.39, 0.29) is 0 Å². The second-order valence-corrected chi connectivity index (χ2v) is 6.65. The summed E-state index contributed by atoms with van der Waals surface area (Å²) in [5.41, 5.74) is 1.40. The van der Waals surface area contributed by atoms with Crippen LogP contribution in [0, 0.1) is 5.92 Å². The van der Waals surface area contributed by atoms with Crippen LogP contribution in [-0.2, 0) is 0 Å². The molecule has 2 nitrogen and oxygen atoms in total. The van der Waals surface area contributed by atoms with Gasteiger partial charge < -0.3 is 10.1 Å². The lowest BCUT2D eigenvalue weighted by atomic mass is 9.87. The number of hydrogen-bond acceptors (Lipinski definition) is 2. The molecule has 0 amide bonds. The molecule has 3 atom stereocenters. The van der Waals surface area contributed by atoms with Gasteiger partial charge in [0.25, 0.3) is 0 Å². The Morgan fingerprint density at radius 3 is 2.67 bits per heavy atom. The highest BCUT2D eigenvalue weighted by molar-refractivity contribution is 5.29. The number of rotatable bonds is 7. The van der Waals surface area contributed by atoms with E-state index in [4.69, 9.17) is 4.74 Å². The first kappa shape index (κ1) is 16.4. The van der Waals surface area contributed by atoms with Gasteiger partial charge in [0.15, 0.2) is 0 Å². The van der Waals surface area contributed by atoms with Crippen molar-refractivity contribution in [3.8, 4) is 5.75 Å². The molecule has 0 aromatic heterocycles. The van der Waals surface area contributed by atoms with Crippen LogP contribution in [0.1, 0.15) is 64.4 Å². The molecule has 1 fully saturated rings. The first-order valence-corrected chi connectivity index (χ1v) is 8.65. The van der Waals surface area contributed by atoms with Crippen LogP contribution in [-0.4, -0.2) is 19.2 Å². The summed E-state index contributed by atoms with van der Waals surface area (Å²) in [6.45, 7) is 8.57. The maximum absolute atomic E-state index is 5.83. The fraction of sp³-hybridized carbons (Fsp3) is 0.684. The minimum absolute atomic E-state index is 0.633. The van der Waals surface area contributed by atoms with Crippen molar-refractivity contribution in [2.75, 3.05) is 13.2 Å². The van der Waals surface area contributed by atoms with Gasteiger partial charge in [0.05, 0.1) is 0 Å². The van der Waals surface area contributed by atoms with E-state index in [0.29, 0.717) is 12.0 Å². The second-order valence-electron chi connectivity index (χ2n) is 6.65. The van der Waals surface area contributed by atoms with Crippen LogP contribution in [0.5, 0.6) is 5.75 Å². The first-order chi connectivity index (χ1) is 10.2. The second kappa shape index (κ2) is 8.43. The van der Waals surface area contributed by atoms with E-state index in [1.807, 2.05) is 0 Å². The minimum atomic E-state index is 0.633. The van der Waals surface area contributed by atoms with E-state index in [0.717, 1.165) is 24.8 Å². The summed E-state index contributed by atoms with van der Waals surface area (Å²) < 4.78 is 5.83. The smallest absolute Gasteiger partial charge is 0.119 e. The highest BCUT2D eigenvalue weighted by atomic mass is 16.5. The van der Waals surface area contributed by atoms with Gasteiger partial charge in [-0.3, -0.25) is 0 Å². The lowest BCUT2D eigenvalue weighted by Gasteiger charge is -2.27. The molecule has 2 heteroatoms. The molecule has 1 aliphatic carbocycles. The van der Waals surface area contributed by atoms with Gasteiger partial charge >= 0.3 is 0 Å². The quantitative estimate of drug-likeness (QED) is 0.732. The topological polar surface area (TPSA) is 21.3 Å². The van der Waals surface area contributed by atoms with Crippen molar-refractivity contribution >= 4 is 0 Å². The van der Waals surface area contributed by atoms with Gasteiger partial charge in [-0.25, -0.2) is 0 Å². The molecule has 2 rings (SSSR count). The average molecular weight is 289 g/mol. The fourth-order valence-corrected chi connectivity index (χ4v) is 3.18. The zero-order valence-electron chi connectivity index (χ0n) is 13.9. The van der Waals surface area contributed by atoms with Gasteiger partial charge in [-0.2, -0.15) is 0 Å². The SMILES string of the molecule is CCC(C)c1ccc(OCCNC2CCCC(C)C2)cc1. The Labute approximate surface area is 130 Å². The summed E-state index contributed by atoms with van der Waals surface area (Å²) in [6, 6.07) is 9.29. The maximum Gasteiger partial charge on any atom is 0.119 e. The van der Waals surface area contributed by atoms with Crippen LogP contribution in [0.3, 0.4) is 0 Å². The van der Waals surface area contributed by atoms with Crippen LogP contribution in [0.25, 0.3) is 0 Å². The van der Waals surface area contributed by atoms with Gasteiger partial charge in [-0.05, 0) is 48.8 Å². The van der Waals surface area contributed by atoms with E-state index in [1.165, 1.54) is 37.7 Å². The molecule has 0 radical (unpaired) electrons. The van der Waals surface area contributed by atoms with Crippen molar-refractivity contribution in [2.24, 2.45) is 5.92 Å². The molecule has 118 valence electrons. The van der Waals surface area contributed by atoms with Crippen LogP contribution in [0.2, 0.25) is 0 Å². The third-order valence-corrected chi connectivity index (χ3v) is 4.80. The lowest BCUT2D eigenvalue weighted by molar-refractivity contribution is 0.266. The van der Waals surface area contributed by atoms with E-state index in [9.17, 15) is 0 Å². The van der Waals surface area contributed by atoms with E-state index >= 15 is 0 Å². The summed E-state index contributed by atoms with van der Waals surface area (Å²) in [5, 5.41) is 3.64. The molecule has 21 heavy (non-hydrogen) atoms. The number of ether oxygens (including phenoxy) is 1. The Bertz CT molecular complexity index is 401. The van der Waals surface area contributed by atoms with Crippen molar-refractivity contribution in [2.45, 2.75) is 64.8 Å². The lowest BCUT2D eigenvalue weighted by Crippen LogP contribution is -2.36. The monoisotopic (exact) mass is 289 g/mol. The normalized spacial score (nSPS) is 23.8. The molecule has 3 unspecified atom stereocenters. The summed E-state index contributed by atoms with van der Waals surface area (Å²) in [5.74, 6) is 2.50. The standard InChI is InChI=1S/C19H31NO/c1-4-16(3)17-8-10-19(11-9-17)21-13-12-20-18-7-5-6-15(2)14-18/h8-11,15-16,18,20H,4-7,12-14H2,1-3H3. The molecule has 0 aliphatic heterocycles. The van der Waals surface area contributed by atoms with Crippen molar-refractivity contribution in [1.82, 2.24) is 5.32 Å². The number of nitrogens with one attached hydrogen (secondary N) is 1. The molecule has 1 N–H and O–H groups in total. The van der Waals surface area contributed by atoms with Crippen molar-refractivity contribution in [3.05, 3.63) is 29.8 Å². The molecule has 1 aromatic rings. The molecule has 0 spiro atoms. The summed E-state index contributed by atoms with van der Waals surface area (Å²) in [6.07, 6.45) is 6.61. The maximum atomic E-state index is 5.83. The zero-order valence-corrected chi connectivity index (χ0v) is 13.9. The summed E-state index contributed by atoms with van der Waals surface area (Å²) in [4.78, 5) is 0. The summed E-state index contributed by atoms with van der Waals surface area (Å²) >= 11 is 0. The van der Waals surface area contributed by atoms with Gasteiger partial charge in [-0.15, -0.1) is 0 Å². The van der Waals surface area contributed by atoms with Crippen LogP contribution >= 0.6 is 0 Å². The third-order valence-electron chi connectivity index (χ3n) is 4.80. The van der Waals surface area contributed by atoms with Crippen molar-refractivity contribution in [1.29, 1.82) is 0 Å². The Morgan fingerprint density at radius 1 is 1.24 bits per heavy atom. The van der Waals surface area contributed by atoms with Crippen LogP contribution < -0.4 is 10.1 Å². The number of benzene rings is 1. The predicted molar refractivity (Wildman–Crippen MR) is 90.1 cm³/mol.